The van der Waals surface area contributed by atoms with Gasteiger partial charge in [0.25, 0.3) is 5.91 Å². The highest BCUT2D eigenvalue weighted by molar-refractivity contribution is 14.0. The standard InChI is InChI=1S/C24H34N4O3.HI/c1-19(16-30-17-20-9-6-5-7-10-20)14-26-24(25-2)27-15-21-11-8-12-22(13-21)31-18-23(29)28(3)4;/h5-13,19H,14-18H2,1-4H3,(H2,25,26,27);1H. The number of aliphatic imine (C=N–C) groups is 1. The molecule has 0 bridgehead atoms. The Morgan fingerprint density at radius 2 is 1.78 bits per heavy atom. The van der Waals surface area contributed by atoms with Crippen molar-refractivity contribution in [3.8, 4) is 5.75 Å². The van der Waals surface area contributed by atoms with Gasteiger partial charge in [0, 0.05) is 34.2 Å². The van der Waals surface area contributed by atoms with E-state index in [1.54, 1.807) is 21.1 Å². The number of carbonyl (C=O) groups is 1. The molecule has 7 nitrogen and oxygen atoms in total. The zero-order valence-corrected chi connectivity index (χ0v) is 21.7. The Labute approximate surface area is 208 Å². The molecule has 0 saturated heterocycles. The summed E-state index contributed by atoms with van der Waals surface area (Å²) in [6.07, 6.45) is 0. The molecule has 2 aromatic rings. The number of nitrogens with zero attached hydrogens (tertiary/aromatic N) is 2. The van der Waals surface area contributed by atoms with Crippen molar-refractivity contribution in [3.05, 3.63) is 65.7 Å². The molecule has 176 valence electrons. The summed E-state index contributed by atoms with van der Waals surface area (Å²) in [6.45, 7) is 4.81. The predicted molar refractivity (Wildman–Crippen MR) is 140 cm³/mol. The van der Waals surface area contributed by atoms with Crippen LogP contribution in [0.1, 0.15) is 18.1 Å². The molecule has 0 aliphatic rings. The number of amides is 1. The molecule has 2 N–H and O–H groups in total. The van der Waals surface area contributed by atoms with E-state index in [0.29, 0.717) is 31.4 Å². The van der Waals surface area contributed by atoms with Gasteiger partial charge in [-0.15, -0.1) is 24.0 Å². The maximum Gasteiger partial charge on any atom is 0.259 e. The van der Waals surface area contributed by atoms with Crippen LogP contribution in [0.25, 0.3) is 0 Å². The van der Waals surface area contributed by atoms with Crippen LogP contribution in [0.3, 0.4) is 0 Å². The Morgan fingerprint density at radius 1 is 1.06 bits per heavy atom. The summed E-state index contributed by atoms with van der Waals surface area (Å²) in [5, 5.41) is 6.63. The minimum absolute atomic E-state index is 0. The second kappa shape index (κ2) is 15.5. The third kappa shape index (κ3) is 10.8. The fraction of sp³-hybridized carbons (Fsp3) is 0.417. The zero-order chi connectivity index (χ0) is 22.5. The van der Waals surface area contributed by atoms with Gasteiger partial charge in [-0.2, -0.15) is 0 Å². The number of nitrogens with one attached hydrogen (secondary N) is 2. The number of ether oxygens (including phenoxy) is 2. The molecule has 0 aromatic heterocycles. The number of hydrogen-bond donors (Lipinski definition) is 2. The van der Waals surface area contributed by atoms with Gasteiger partial charge in [0.2, 0.25) is 0 Å². The molecule has 8 heteroatoms. The Kier molecular flexibility index (Phi) is 13.4. The van der Waals surface area contributed by atoms with Crippen LogP contribution < -0.4 is 15.4 Å². The molecule has 1 atom stereocenters. The quantitative estimate of drug-likeness (QED) is 0.254. The summed E-state index contributed by atoms with van der Waals surface area (Å²) in [6, 6.07) is 17.8. The second-order valence-corrected chi connectivity index (χ2v) is 7.64. The van der Waals surface area contributed by atoms with E-state index < -0.39 is 0 Å². The molecule has 0 saturated carbocycles. The fourth-order valence-corrected chi connectivity index (χ4v) is 2.71. The largest absolute Gasteiger partial charge is 0.484 e. The second-order valence-electron chi connectivity index (χ2n) is 7.64. The summed E-state index contributed by atoms with van der Waals surface area (Å²) in [7, 11) is 5.17. The summed E-state index contributed by atoms with van der Waals surface area (Å²) >= 11 is 0. The van der Waals surface area contributed by atoms with E-state index in [1.807, 2.05) is 42.5 Å². The highest BCUT2D eigenvalue weighted by Crippen LogP contribution is 2.13. The molecule has 0 heterocycles. The Hall–Kier alpha value is -2.33. The van der Waals surface area contributed by atoms with Gasteiger partial charge < -0.3 is 25.0 Å². The van der Waals surface area contributed by atoms with E-state index in [1.165, 1.54) is 10.5 Å². The molecule has 1 amide bonds. The highest BCUT2D eigenvalue weighted by atomic mass is 127. The molecule has 32 heavy (non-hydrogen) atoms. The lowest BCUT2D eigenvalue weighted by Crippen LogP contribution is -2.39. The molecular weight excluding hydrogens is 519 g/mol. The van der Waals surface area contributed by atoms with E-state index in [4.69, 9.17) is 9.47 Å². The van der Waals surface area contributed by atoms with Crippen LogP contribution in [-0.2, 0) is 22.7 Å². The average molecular weight is 554 g/mol. The Bertz CT molecular complexity index is 831. The summed E-state index contributed by atoms with van der Waals surface area (Å²) in [5.41, 5.74) is 2.22. The number of likely N-dealkylation sites (N-methyl/N-ethyl adjacent to an activating group) is 1. The molecule has 0 radical (unpaired) electrons. The van der Waals surface area contributed by atoms with Gasteiger partial charge in [-0.25, -0.2) is 0 Å². The number of halogens is 1. The zero-order valence-electron chi connectivity index (χ0n) is 19.3. The van der Waals surface area contributed by atoms with Gasteiger partial charge in [0.05, 0.1) is 13.2 Å². The molecule has 2 aromatic carbocycles. The van der Waals surface area contributed by atoms with Crippen LogP contribution in [0, 0.1) is 5.92 Å². The van der Waals surface area contributed by atoms with Gasteiger partial charge in [-0.05, 0) is 29.2 Å². The van der Waals surface area contributed by atoms with Crippen molar-refractivity contribution >= 4 is 35.8 Å². The van der Waals surface area contributed by atoms with Crippen molar-refractivity contribution in [3.63, 3.8) is 0 Å². The smallest absolute Gasteiger partial charge is 0.259 e. The first-order valence-corrected chi connectivity index (χ1v) is 10.5. The molecule has 0 fully saturated rings. The first-order chi connectivity index (χ1) is 15.0. The van der Waals surface area contributed by atoms with E-state index in [9.17, 15) is 4.79 Å². The van der Waals surface area contributed by atoms with Crippen LogP contribution in [0.15, 0.2) is 59.6 Å². The van der Waals surface area contributed by atoms with Crippen LogP contribution in [0.5, 0.6) is 5.75 Å². The van der Waals surface area contributed by atoms with Crippen molar-refractivity contribution in [2.75, 3.05) is 40.9 Å². The van der Waals surface area contributed by atoms with Crippen molar-refractivity contribution in [1.29, 1.82) is 0 Å². The van der Waals surface area contributed by atoms with Gasteiger partial charge >= 0.3 is 0 Å². The number of carbonyl (C=O) groups excluding carboxylic acids is 1. The third-order valence-corrected chi connectivity index (χ3v) is 4.58. The molecule has 2 rings (SSSR count). The maximum atomic E-state index is 11.7. The minimum Gasteiger partial charge on any atom is -0.484 e. The lowest BCUT2D eigenvalue weighted by molar-refractivity contribution is -0.130. The number of guanidine groups is 1. The van der Waals surface area contributed by atoms with E-state index >= 15 is 0 Å². The number of rotatable bonds is 11. The van der Waals surface area contributed by atoms with Gasteiger partial charge in [-0.3, -0.25) is 9.79 Å². The van der Waals surface area contributed by atoms with Gasteiger partial charge in [-0.1, -0.05) is 49.4 Å². The van der Waals surface area contributed by atoms with E-state index in [2.05, 4.69) is 34.7 Å². The van der Waals surface area contributed by atoms with Crippen LogP contribution >= 0.6 is 24.0 Å². The van der Waals surface area contributed by atoms with Gasteiger partial charge in [0.15, 0.2) is 12.6 Å². The lowest BCUT2D eigenvalue weighted by atomic mass is 10.2. The lowest BCUT2D eigenvalue weighted by Gasteiger charge is -2.17. The Balaban J connectivity index is 0.00000512. The van der Waals surface area contributed by atoms with E-state index in [0.717, 1.165) is 18.1 Å². The first-order valence-electron chi connectivity index (χ1n) is 10.5. The summed E-state index contributed by atoms with van der Waals surface area (Å²) in [4.78, 5) is 17.5. The molecule has 0 aliphatic heterocycles. The summed E-state index contributed by atoms with van der Waals surface area (Å²) < 4.78 is 11.4. The fourth-order valence-electron chi connectivity index (χ4n) is 2.71. The topological polar surface area (TPSA) is 75.2 Å². The van der Waals surface area contributed by atoms with Crippen molar-refractivity contribution < 1.29 is 14.3 Å². The molecule has 0 spiro atoms. The van der Waals surface area contributed by atoms with Crippen molar-refractivity contribution in [2.24, 2.45) is 10.9 Å². The van der Waals surface area contributed by atoms with Crippen LogP contribution in [0.4, 0.5) is 0 Å². The normalized spacial score (nSPS) is 11.8. The maximum absolute atomic E-state index is 11.7. The highest BCUT2D eigenvalue weighted by Gasteiger charge is 2.07. The monoisotopic (exact) mass is 554 g/mol. The van der Waals surface area contributed by atoms with Crippen LogP contribution in [0.2, 0.25) is 0 Å². The van der Waals surface area contributed by atoms with E-state index in [-0.39, 0.29) is 36.5 Å². The SMILES string of the molecule is CN=C(NCc1cccc(OCC(=O)N(C)C)c1)NCC(C)COCc1ccccc1.I. The number of benzene rings is 2. The minimum atomic E-state index is -0.0741. The predicted octanol–water partition coefficient (Wildman–Crippen LogP) is 3.29. The van der Waals surface area contributed by atoms with Gasteiger partial charge in [0.1, 0.15) is 5.75 Å². The molecule has 0 aliphatic carbocycles. The molecule has 1 unspecified atom stereocenters. The average Bonchev–Trinajstić information content (AvgIpc) is 2.78. The number of hydrogen-bond acceptors (Lipinski definition) is 4. The van der Waals surface area contributed by atoms with Crippen LogP contribution in [-0.4, -0.2) is 57.7 Å². The Morgan fingerprint density at radius 3 is 2.47 bits per heavy atom. The van der Waals surface area contributed by atoms with Crippen molar-refractivity contribution in [2.45, 2.75) is 20.1 Å². The van der Waals surface area contributed by atoms with Crippen molar-refractivity contribution in [1.82, 2.24) is 15.5 Å². The summed E-state index contributed by atoms with van der Waals surface area (Å²) in [5.74, 6) is 1.66. The molecular formula is C24H35IN4O3. The third-order valence-electron chi connectivity index (χ3n) is 4.58. The first kappa shape index (κ1) is 27.7.